The summed E-state index contributed by atoms with van der Waals surface area (Å²) < 4.78 is 34.5. The van der Waals surface area contributed by atoms with Gasteiger partial charge in [0.05, 0.1) is 5.71 Å². The van der Waals surface area contributed by atoms with Crippen molar-refractivity contribution >= 4 is 5.71 Å². The molecule has 0 saturated carbocycles. The Morgan fingerprint density at radius 2 is 2.00 bits per heavy atom. The van der Waals surface area contributed by atoms with Gasteiger partial charge in [0, 0.05) is 6.42 Å². The van der Waals surface area contributed by atoms with E-state index in [1.807, 2.05) is 0 Å². The van der Waals surface area contributed by atoms with E-state index in [4.69, 9.17) is 5.21 Å². The molecule has 0 aliphatic carbocycles. The molecule has 0 saturated heterocycles. The second-order valence-electron chi connectivity index (χ2n) is 2.30. The van der Waals surface area contributed by atoms with Gasteiger partial charge in [0.1, 0.15) is 0 Å². The Hall–Kier alpha value is -0.740. The topological polar surface area (TPSA) is 32.6 Å². The Morgan fingerprint density at radius 1 is 1.45 bits per heavy atom. The van der Waals surface area contributed by atoms with Crippen LogP contribution in [-0.2, 0) is 0 Å². The summed E-state index contributed by atoms with van der Waals surface area (Å²) in [4.78, 5) is 0. The van der Waals surface area contributed by atoms with E-state index in [1.165, 1.54) is 6.92 Å². The maximum Gasteiger partial charge on any atom is 0.389 e. The lowest BCUT2D eigenvalue weighted by molar-refractivity contribution is -0.135. The Kier molecular flexibility index (Phi) is 3.92. The van der Waals surface area contributed by atoms with Gasteiger partial charge in [-0.25, -0.2) is 0 Å². The van der Waals surface area contributed by atoms with Crippen LogP contribution in [0.2, 0.25) is 0 Å². The molecule has 0 aliphatic heterocycles. The molecule has 5 heteroatoms. The second kappa shape index (κ2) is 4.20. The zero-order valence-corrected chi connectivity index (χ0v) is 6.15. The number of rotatable bonds is 3. The van der Waals surface area contributed by atoms with Crippen molar-refractivity contribution in [3.63, 3.8) is 0 Å². The minimum absolute atomic E-state index is 0.0145. The monoisotopic (exact) mass is 169 g/mol. The first-order valence-electron chi connectivity index (χ1n) is 3.20. The molecule has 0 unspecified atom stereocenters. The van der Waals surface area contributed by atoms with Gasteiger partial charge in [0.2, 0.25) is 0 Å². The number of oxime groups is 1. The molecule has 0 aromatic carbocycles. The van der Waals surface area contributed by atoms with Crippen LogP contribution in [0.5, 0.6) is 0 Å². The molecule has 1 N–H and O–H groups in total. The van der Waals surface area contributed by atoms with Crippen molar-refractivity contribution in [1.82, 2.24) is 0 Å². The van der Waals surface area contributed by atoms with Gasteiger partial charge in [-0.1, -0.05) is 5.16 Å². The largest absolute Gasteiger partial charge is 0.411 e. The van der Waals surface area contributed by atoms with Crippen LogP contribution in [0.15, 0.2) is 5.16 Å². The lowest BCUT2D eigenvalue weighted by Gasteiger charge is -2.04. The molecule has 11 heavy (non-hydrogen) atoms. The minimum atomic E-state index is -4.10. The average Bonchev–Trinajstić information content (AvgIpc) is 1.85. The van der Waals surface area contributed by atoms with Gasteiger partial charge < -0.3 is 5.21 Å². The lowest BCUT2D eigenvalue weighted by Crippen LogP contribution is -2.07. The molecular weight excluding hydrogens is 159 g/mol. The summed E-state index contributed by atoms with van der Waals surface area (Å²) in [6.07, 6.45) is -4.75. The highest BCUT2D eigenvalue weighted by Gasteiger charge is 2.25. The van der Waals surface area contributed by atoms with E-state index in [1.54, 1.807) is 0 Å². The third-order valence-electron chi connectivity index (χ3n) is 1.17. The molecular formula is C6H10F3NO. The Balaban J connectivity index is 3.43. The highest BCUT2D eigenvalue weighted by Crippen LogP contribution is 2.22. The Labute approximate surface area is 62.7 Å². The molecule has 0 fully saturated rings. The molecule has 0 rings (SSSR count). The van der Waals surface area contributed by atoms with E-state index in [9.17, 15) is 13.2 Å². The van der Waals surface area contributed by atoms with Gasteiger partial charge in [-0.3, -0.25) is 0 Å². The van der Waals surface area contributed by atoms with Crippen LogP contribution in [-0.4, -0.2) is 17.1 Å². The number of hydrogen-bond donors (Lipinski definition) is 1. The minimum Gasteiger partial charge on any atom is -0.411 e. The van der Waals surface area contributed by atoms with E-state index in [0.29, 0.717) is 5.71 Å². The zero-order chi connectivity index (χ0) is 8.91. The van der Waals surface area contributed by atoms with Crippen molar-refractivity contribution < 1.29 is 18.4 Å². The van der Waals surface area contributed by atoms with Crippen LogP contribution in [0, 0.1) is 0 Å². The van der Waals surface area contributed by atoms with E-state index in [2.05, 4.69) is 5.16 Å². The SMILES string of the molecule is CC(CCCC(F)(F)F)=NO. The highest BCUT2D eigenvalue weighted by atomic mass is 19.4. The lowest BCUT2D eigenvalue weighted by atomic mass is 10.2. The van der Waals surface area contributed by atoms with Gasteiger partial charge in [-0.05, 0) is 19.8 Å². The van der Waals surface area contributed by atoms with E-state index in [0.717, 1.165) is 0 Å². The summed E-state index contributed by atoms with van der Waals surface area (Å²) in [5, 5.41) is 10.8. The van der Waals surface area contributed by atoms with Crippen LogP contribution in [0.4, 0.5) is 13.2 Å². The molecule has 2 nitrogen and oxygen atoms in total. The first-order valence-corrected chi connectivity index (χ1v) is 3.20. The number of alkyl halides is 3. The molecule has 0 radical (unpaired) electrons. The number of hydrogen-bond acceptors (Lipinski definition) is 2. The number of nitrogens with zero attached hydrogens (tertiary/aromatic N) is 1. The predicted molar refractivity (Wildman–Crippen MR) is 34.8 cm³/mol. The molecule has 0 heterocycles. The van der Waals surface area contributed by atoms with Crippen molar-refractivity contribution in [2.24, 2.45) is 5.16 Å². The summed E-state index contributed by atoms with van der Waals surface area (Å²) >= 11 is 0. The van der Waals surface area contributed by atoms with Crippen molar-refractivity contribution in [2.75, 3.05) is 0 Å². The quantitative estimate of drug-likeness (QED) is 0.393. The molecule has 0 aliphatic rings. The van der Waals surface area contributed by atoms with Crippen LogP contribution in [0.3, 0.4) is 0 Å². The van der Waals surface area contributed by atoms with E-state index in [-0.39, 0.29) is 12.8 Å². The second-order valence-corrected chi connectivity index (χ2v) is 2.30. The van der Waals surface area contributed by atoms with Gasteiger partial charge in [0.25, 0.3) is 0 Å². The average molecular weight is 169 g/mol. The van der Waals surface area contributed by atoms with Crippen molar-refractivity contribution in [3.8, 4) is 0 Å². The fourth-order valence-corrected chi connectivity index (χ4v) is 0.595. The first-order chi connectivity index (χ1) is 4.95. The van der Waals surface area contributed by atoms with Gasteiger partial charge in [0.15, 0.2) is 0 Å². The van der Waals surface area contributed by atoms with Crippen molar-refractivity contribution in [3.05, 3.63) is 0 Å². The Morgan fingerprint density at radius 3 is 2.36 bits per heavy atom. The van der Waals surface area contributed by atoms with Crippen molar-refractivity contribution in [2.45, 2.75) is 32.4 Å². The van der Waals surface area contributed by atoms with Gasteiger partial charge in [-0.2, -0.15) is 13.2 Å². The normalized spacial score (nSPS) is 13.6. The zero-order valence-electron chi connectivity index (χ0n) is 6.15. The van der Waals surface area contributed by atoms with Crippen LogP contribution in [0.1, 0.15) is 26.2 Å². The fraction of sp³-hybridized carbons (Fsp3) is 0.833. The molecule has 0 atom stereocenters. The summed E-state index contributed by atoms with van der Waals surface area (Å²) in [6, 6.07) is 0. The summed E-state index contributed by atoms with van der Waals surface area (Å²) in [5.74, 6) is 0. The molecule has 0 aromatic rings. The van der Waals surface area contributed by atoms with E-state index >= 15 is 0 Å². The van der Waals surface area contributed by atoms with Gasteiger partial charge >= 0.3 is 6.18 Å². The number of halogens is 3. The maximum absolute atomic E-state index is 11.5. The van der Waals surface area contributed by atoms with Crippen LogP contribution < -0.4 is 0 Å². The fourth-order valence-electron chi connectivity index (χ4n) is 0.595. The summed E-state index contributed by atoms with van der Waals surface area (Å²) in [7, 11) is 0. The highest BCUT2D eigenvalue weighted by molar-refractivity contribution is 5.81. The molecule has 66 valence electrons. The summed E-state index contributed by atoms with van der Waals surface area (Å²) in [5.41, 5.74) is 0.328. The summed E-state index contributed by atoms with van der Waals surface area (Å²) in [6.45, 7) is 1.48. The molecule has 0 bridgehead atoms. The standard InChI is InChI=1S/C6H10F3NO/c1-5(10-11)3-2-4-6(7,8)9/h11H,2-4H2,1H3. The Bertz CT molecular complexity index is 141. The van der Waals surface area contributed by atoms with Crippen LogP contribution >= 0.6 is 0 Å². The molecule has 0 spiro atoms. The van der Waals surface area contributed by atoms with Crippen LogP contribution in [0.25, 0.3) is 0 Å². The van der Waals surface area contributed by atoms with Gasteiger partial charge in [-0.15, -0.1) is 0 Å². The predicted octanol–water partition coefficient (Wildman–Crippen LogP) is 2.57. The maximum atomic E-state index is 11.5. The smallest absolute Gasteiger partial charge is 0.389 e. The first kappa shape index (κ1) is 10.3. The third-order valence-corrected chi connectivity index (χ3v) is 1.17. The third kappa shape index (κ3) is 7.15. The van der Waals surface area contributed by atoms with Crippen molar-refractivity contribution in [1.29, 1.82) is 0 Å². The molecule has 0 amide bonds. The molecule has 0 aromatic heterocycles. The van der Waals surface area contributed by atoms with E-state index < -0.39 is 12.6 Å².